The molecular formula is C18H28FeNP. The summed E-state index contributed by atoms with van der Waals surface area (Å²) < 4.78 is 0. The summed E-state index contributed by atoms with van der Waals surface area (Å²) in [4.78, 5) is 2.08. The molecule has 0 N–H and O–H groups in total. The Morgan fingerprint density at radius 2 is 1.14 bits per heavy atom. The van der Waals surface area contributed by atoms with Gasteiger partial charge in [-0.05, 0) is 76.8 Å². The Kier molecular flexibility index (Phi) is 11.9. The van der Waals surface area contributed by atoms with Gasteiger partial charge in [-0.15, -0.1) is 0 Å². The SMILES string of the molecule is CC(C)P([C]1[CH][CH][CH][CH]1)C(C)C.CN(C)[C]1[CH][CH][CH][CH]1.[Fe]. The second-order valence-electron chi connectivity index (χ2n) is 5.78. The molecule has 2 rings (SSSR count). The predicted octanol–water partition coefficient (Wildman–Crippen LogP) is 4.56. The fourth-order valence-electron chi connectivity index (χ4n) is 2.39. The molecule has 0 aliphatic heterocycles. The maximum absolute atomic E-state index is 2.33. The average molecular weight is 345 g/mol. The van der Waals surface area contributed by atoms with Crippen LogP contribution in [-0.2, 0) is 17.1 Å². The van der Waals surface area contributed by atoms with E-state index in [1.165, 1.54) is 6.04 Å². The fourth-order valence-corrected chi connectivity index (χ4v) is 5.29. The van der Waals surface area contributed by atoms with Crippen LogP contribution in [0.4, 0.5) is 0 Å². The fraction of sp³-hybridized carbons (Fsp3) is 0.444. The summed E-state index contributed by atoms with van der Waals surface area (Å²) >= 11 is 0. The van der Waals surface area contributed by atoms with Crippen molar-refractivity contribution in [2.75, 3.05) is 14.1 Å². The molecule has 0 amide bonds. The second-order valence-corrected chi connectivity index (χ2v) is 9.17. The van der Waals surface area contributed by atoms with Crippen molar-refractivity contribution in [1.29, 1.82) is 0 Å². The molecule has 2 aliphatic rings. The Morgan fingerprint density at radius 3 is 1.43 bits per heavy atom. The minimum Gasteiger partial charge on any atom is -0.301 e. The molecule has 0 aromatic rings. The van der Waals surface area contributed by atoms with E-state index in [0.717, 1.165) is 11.3 Å². The zero-order valence-electron chi connectivity index (χ0n) is 14.0. The molecule has 0 atom stereocenters. The molecule has 10 radical (unpaired) electrons. The predicted molar refractivity (Wildman–Crippen MR) is 91.8 cm³/mol. The quantitative estimate of drug-likeness (QED) is 0.533. The Morgan fingerprint density at radius 1 is 0.762 bits per heavy atom. The number of nitrogens with zero attached hydrogens (tertiary/aromatic N) is 1. The third-order valence-corrected chi connectivity index (χ3v) is 6.34. The molecule has 0 bridgehead atoms. The first-order valence-corrected chi connectivity index (χ1v) is 8.80. The van der Waals surface area contributed by atoms with Crippen LogP contribution in [0.5, 0.6) is 0 Å². The minimum atomic E-state index is 0. The van der Waals surface area contributed by atoms with Crippen molar-refractivity contribution in [3.8, 4) is 0 Å². The van der Waals surface area contributed by atoms with Gasteiger partial charge in [-0.2, -0.15) is 0 Å². The van der Waals surface area contributed by atoms with Crippen molar-refractivity contribution in [1.82, 2.24) is 4.90 Å². The van der Waals surface area contributed by atoms with E-state index in [4.69, 9.17) is 0 Å². The Bertz CT molecular complexity index is 236. The van der Waals surface area contributed by atoms with Gasteiger partial charge < -0.3 is 4.90 Å². The molecule has 1 nitrogen and oxygen atoms in total. The van der Waals surface area contributed by atoms with Crippen LogP contribution in [0, 0.1) is 63.1 Å². The van der Waals surface area contributed by atoms with Crippen LogP contribution in [0.1, 0.15) is 27.7 Å². The van der Waals surface area contributed by atoms with Gasteiger partial charge in [-0.25, -0.2) is 0 Å². The van der Waals surface area contributed by atoms with Crippen LogP contribution in [-0.4, -0.2) is 30.3 Å². The summed E-state index contributed by atoms with van der Waals surface area (Å²) in [5.74, 6) is 0. The summed E-state index contributed by atoms with van der Waals surface area (Å²) in [7, 11) is 4.14. The zero-order chi connectivity index (χ0) is 15.1. The number of rotatable bonds is 4. The third-order valence-electron chi connectivity index (χ3n) is 3.22. The zero-order valence-corrected chi connectivity index (χ0v) is 16.0. The van der Waals surface area contributed by atoms with Gasteiger partial charge in [0.15, 0.2) is 0 Å². The van der Waals surface area contributed by atoms with E-state index in [9.17, 15) is 0 Å². The maximum Gasteiger partial charge on any atom is 0.0461 e. The molecular weight excluding hydrogens is 317 g/mol. The number of hydrogen-bond acceptors (Lipinski definition) is 1. The van der Waals surface area contributed by atoms with Crippen LogP contribution < -0.4 is 0 Å². The summed E-state index contributed by atoms with van der Waals surface area (Å²) in [5, 5.41) is 0. The standard InChI is InChI=1S/C11H18P.C7H10N.Fe/c1-9(2)12(10(3)4)11-7-5-6-8-11;1-8(2)7-5-3-4-6-7;/h5-10H,1-4H3;3-6H,1-2H3;. The molecule has 118 valence electrons. The smallest absolute Gasteiger partial charge is 0.0461 e. The molecule has 21 heavy (non-hydrogen) atoms. The van der Waals surface area contributed by atoms with E-state index in [1.807, 2.05) is 26.9 Å². The molecule has 0 spiro atoms. The van der Waals surface area contributed by atoms with Crippen molar-refractivity contribution in [2.45, 2.75) is 39.0 Å². The minimum absolute atomic E-state index is 0. The van der Waals surface area contributed by atoms with Gasteiger partial charge in [0.05, 0.1) is 0 Å². The van der Waals surface area contributed by atoms with Gasteiger partial charge in [0.1, 0.15) is 0 Å². The molecule has 2 saturated carbocycles. The van der Waals surface area contributed by atoms with Crippen molar-refractivity contribution in [3.63, 3.8) is 0 Å². The van der Waals surface area contributed by atoms with Gasteiger partial charge in [0.2, 0.25) is 0 Å². The van der Waals surface area contributed by atoms with Crippen LogP contribution in [0.3, 0.4) is 0 Å². The van der Waals surface area contributed by atoms with Gasteiger partial charge in [-0.3, -0.25) is 0 Å². The Labute approximate surface area is 146 Å². The monoisotopic (exact) mass is 345 g/mol. The molecule has 0 unspecified atom stereocenters. The van der Waals surface area contributed by atoms with Crippen LogP contribution in [0.25, 0.3) is 0 Å². The van der Waals surface area contributed by atoms with Crippen molar-refractivity contribution >= 4 is 7.92 Å². The molecule has 3 heteroatoms. The Hall–Kier alpha value is 0.909. The second kappa shape index (κ2) is 11.4. The Balaban J connectivity index is 0.000000390. The van der Waals surface area contributed by atoms with Crippen LogP contribution in [0.2, 0.25) is 0 Å². The molecule has 2 aliphatic carbocycles. The summed E-state index contributed by atoms with van der Waals surface area (Å²) in [5.41, 5.74) is 3.18. The van der Waals surface area contributed by atoms with E-state index < -0.39 is 0 Å². The van der Waals surface area contributed by atoms with Gasteiger partial charge in [-0.1, -0.05) is 35.6 Å². The molecule has 0 saturated heterocycles. The van der Waals surface area contributed by atoms with Crippen molar-refractivity contribution < 1.29 is 17.1 Å². The van der Waals surface area contributed by atoms with E-state index >= 15 is 0 Å². The summed E-state index contributed by atoms with van der Waals surface area (Å²) in [6.07, 6.45) is 17.1. The molecule has 0 aromatic heterocycles. The first-order valence-electron chi connectivity index (χ1n) is 7.32. The first-order chi connectivity index (χ1) is 9.43. The number of hydrogen-bond donors (Lipinski definition) is 0. The molecule has 0 aromatic carbocycles. The average Bonchev–Trinajstić information content (AvgIpc) is 3.01. The van der Waals surface area contributed by atoms with E-state index in [-0.39, 0.29) is 25.0 Å². The van der Waals surface area contributed by atoms with Crippen molar-refractivity contribution in [3.05, 3.63) is 63.1 Å². The molecule has 2 fully saturated rings. The molecule has 0 heterocycles. The van der Waals surface area contributed by atoms with Crippen molar-refractivity contribution in [2.24, 2.45) is 0 Å². The first kappa shape index (κ1) is 21.9. The summed E-state index contributed by atoms with van der Waals surface area (Å²) in [6, 6.07) is 1.27. The van der Waals surface area contributed by atoms with Gasteiger partial charge >= 0.3 is 0 Å². The van der Waals surface area contributed by atoms with E-state index in [0.29, 0.717) is 0 Å². The van der Waals surface area contributed by atoms with Gasteiger partial charge in [0.25, 0.3) is 0 Å². The third kappa shape index (κ3) is 7.83. The van der Waals surface area contributed by atoms with E-state index in [2.05, 4.69) is 71.1 Å². The largest absolute Gasteiger partial charge is 0.301 e. The van der Waals surface area contributed by atoms with Gasteiger partial charge in [0, 0.05) is 28.8 Å². The van der Waals surface area contributed by atoms with E-state index in [1.54, 1.807) is 5.66 Å². The topological polar surface area (TPSA) is 3.24 Å². The summed E-state index contributed by atoms with van der Waals surface area (Å²) in [6.45, 7) is 9.33. The normalized spacial score (nSPS) is 20.3. The van der Waals surface area contributed by atoms with Crippen LogP contribution >= 0.6 is 7.92 Å². The van der Waals surface area contributed by atoms with Crippen LogP contribution in [0.15, 0.2) is 0 Å². The maximum atomic E-state index is 2.33.